The molecule has 176 valence electrons. The highest BCUT2D eigenvalue weighted by atomic mass is 79.9. The second-order valence-corrected chi connectivity index (χ2v) is 8.65. The van der Waals surface area contributed by atoms with Crippen LogP contribution in [0.2, 0.25) is 0 Å². The first kappa shape index (κ1) is 25.2. The molecule has 11 heteroatoms. The van der Waals surface area contributed by atoms with Gasteiger partial charge in [-0.3, -0.25) is 9.36 Å². The Morgan fingerprint density at radius 1 is 1.09 bits per heavy atom. The number of hydrogen-bond acceptors (Lipinski definition) is 8. The van der Waals surface area contributed by atoms with Crippen LogP contribution in [-0.2, 0) is 20.8 Å². The molecule has 1 amide bonds. The molecule has 0 saturated heterocycles. The fourth-order valence-electron chi connectivity index (χ4n) is 3.00. The van der Waals surface area contributed by atoms with Crippen molar-refractivity contribution in [2.24, 2.45) is 0 Å². The van der Waals surface area contributed by atoms with E-state index in [1.54, 1.807) is 6.08 Å². The summed E-state index contributed by atoms with van der Waals surface area (Å²) < 4.78 is 12.3. The van der Waals surface area contributed by atoms with Gasteiger partial charge in [0.1, 0.15) is 0 Å². The maximum absolute atomic E-state index is 12.7. The smallest absolute Gasteiger partial charge is 0.339 e. The second-order valence-electron chi connectivity index (χ2n) is 6.79. The maximum Gasteiger partial charge on any atom is 0.339 e. The Labute approximate surface area is 208 Å². The zero-order chi connectivity index (χ0) is 24.7. The molecule has 0 spiro atoms. The highest BCUT2D eigenvalue weighted by molar-refractivity contribution is 9.10. The first-order chi connectivity index (χ1) is 16.4. The van der Waals surface area contributed by atoms with Crippen LogP contribution in [0, 0.1) is 0 Å². The van der Waals surface area contributed by atoms with Gasteiger partial charge in [0.15, 0.2) is 11.0 Å². The van der Waals surface area contributed by atoms with Crippen LogP contribution in [-0.4, -0.2) is 52.6 Å². The van der Waals surface area contributed by atoms with Crippen molar-refractivity contribution in [2.45, 2.75) is 11.7 Å². The number of benzene rings is 2. The summed E-state index contributed by atoms with van der Waals surface area (Å²) in [6.07, 6.45) is 1.72. The van der Waals surface area contributed by atoms with Crippen LogP contribution in [0.1, 0.15) is 20.7 Å². The minimum Gasteiger partial charge on any atom is -0.465 e. The van der Waals surface area contributed by atoms with E-state index in [0.717, 1.165) is 10.0 Å². The summed E-state index contributed by atoms with van der Waals surface area (Å²) in [6, 6.07) is 11.8. The van der Waals surface area contributed by atoms with E-state index in [-0.39, 0.29) is 22.6 Å². The zero-order valence-electron chi connectivity index (χ0n) is 18.4. The molecule has 0 aliphatic rings. The number of halogens is 1. The minimum atomic E-state index is -0.649. The van der Waals surface area contributed by atoms with E-state index >= 15 is 0 Å². The lowest BCUT2D eigenvalue weighted by Crippen LogP contribution is -2.18. The summed E-state index contributed by atoms with van der Waals surface area (Å²) in [6.45, 7) is 4.24. The molecule has 0 radical (unpaired) electrons. The third-order valence-electron chi connectivity index (χ3n) is 4.58. The fraction of sp³-hybridized carbons (Fsp3) is 0.174. The normalized spacial score (nSPS) is 10.4. The Balaban J connectivity index is 1.79. The minimum absolute atomic E-state index is 0.0152. The van der Waals surface area contributed by atoms with Crippen LogP contribution in [0.25, 0.3) is 11.4 Å². The van der Waals surface area contributed by atoms with Crippen LogP contribution in [0.4, 0.5) is 5.69 Å². The number of carbonyl (C=O) groups excluding carboxylic acids is 3. The molecule has 0 unspecified atom stereocenters. The van der Waals surface area contributed by atoms with Gasteiger partial charge in [-0.15, -0.1) is 16.8 Å². The number of carbonyl (C=O) groups is 3. The van der Waals surface area contributed by atoms with Crippen molar-refractivity contribution in [3.05, 3.63) is 70.7 Å². The second kappa shape index (κ2) is 11.6. The number of aromatic nitrogens is 3. The van der Waals surface area contributed by atoms with Gasteiger partial charge in [-0.1, -0.05) is 45.9 Å². The number of amides is 1. The van der Waals surface area contributed by atoms with Gasteiger partial charge in [0.2, 0.25) is 5.91 Å². The largest absolute Gasteiger partial charge is 0.465 e. The summed E-state index contributed by atoms with van der Waals surface area (Å²) >= 11 is 4.59. The Hall–Kier alpha value is -3.44. The van der Waals surface area contributed by atoms with Gasteiger partial charge < -0.3 is 14.8 Å². The molecule has 3 aromatic rings. The molecule has 0 aliphatic carbocycles. The molecule has 0 aliphatic heterocycles. The van der Waals surface area contributed by atoms with E-state index in [4.69, 9.17) is 9.47 Å². The van der Waals surface area contributed by atoms with E-state index in [1.807, 2.05) is 28.8 Å². The number of nitrogens with zero attached hydrogens (tertiary/aromatic N) is 3. The Bertz CT molecular complexity index is 1230. The topological polar surface area (TPSA) is 112 Å². The van der Waals surface area contributed by atoms with Crippen molar-refractivity contribution in [3.8, 4) is 11.4 Å². The Kier molecular flexibility index (Phi) is 8.61. The monoisotopic (exact) mass is 544 g/mol. The summed E-state index contributed by atoms with van der Waals surface area (Å²) in [5.74, 6) is -1.02. The van der Waals surface area contributed by atoms with Gasteiger partial charge in [0, 0.05) is 16.6 Å². The SMILES string of the molecule is C=CCn1c(SCC(=O)Nc2cc(C(=O)OC)ccc2C(=O)OC)nnc1-c1ccc(Br)cc1. The summed E-state index contributed by atoms with van der Waals surface area (Å²) in [5.41, 5.74) is 1.31. The van der Waals surface area contributed by atoms with Gasteiger partial charge >= 0.3 is 11.9 Å². The van der Waals surface area contributed by atoms with Crippen molar-refractivity contribution in [2.75, 3.05) is 25.3 Å². The number of allylic oxidation sites excluding steroid dienone is 1. The van der Waals surface area contributed by atoms with Crippen LogP contribution >= 0.6 is 27.7 Å². The van der Waals surface area contributed by atoms with Crippen LogP contribution in [0.5, 0.6) is 0 Å². The molecule has 1 heterocycles. The predicted octanol–water partition coefficient (Wildman–Crippen LogP) is 4.20. The molecule has 0 saturated carbocycles. The lowest BCUT2D eigenvalue weighted by Gasteiger charge is -2.12. The highest BCUT2D eigenvalue weighted by Crippen LogP contribution is 2.26. The van der Waals surface area contributed by atoms with Gasteiger partial charge in [-0.2, -0.15) is 0 Å². The number of anilines is 1. The number of hydrogen-bond donors (Lipinski definition) is 1. The summed E-state index contributed by atoms with van der Waals surface area (Å²) in [7, 11) is 2.47. The number of ether oxygens (including phenoxy) is 2. The molecule has 2 aromatic carbocycles. The lowest BCUT2D eigenvalue weighted by molar-refractivity contribution is -0.113. The van der Waals surface area contributed by atoms with E-state index in [0.29, 0.717) is 17.5 Å². The van der Waals surface area contributed by atoms with Crippen molar-refractivity contribution in [1.29, 1.82) is 0 Å². The van der Waals surface area contributed by atoms with E-state index in [2.05, 4.69) is 38.0 Å². The summed E-state index contributed by atoms with van der Waals surface area (Å²) in [5, 5.41) is 11.7. The molecule has 1 N–H and O–H groups in total. The first-order valence-corrected chi connectivity index (χ1v) is 11.7. The van der Waals surface area contributed by atoms with Gasteiger partial charge in [-0.25, -0.2) is 9.59 Å². The van der Waals surface area contributed by atoms with Crippen molar-refractivity contribution >= 4 is 51.2 Å². The molecule has 1 aromatic heterocycles. The van der Waals surface area contributed by atoms with Crippen LogP contribution in [0.3, 0.4) is 0 Å². The van der Waals surface area contributed by atoms with Crippen LogP contribution in [0.15, 0.2) is 64.7 Å². The molecule has 0 bridgehead atoms. The third-order valence-corrected chi connectivity index (χ3v) is 6.08. The number of methoxy groups -OCH3 is 2. The standard InChI is InChI=1S/C23H21BrN4O5S/c1-4-11-28-20(14-5-8-16(24)9-6-14)26-27-23(28)34-13-19(29)25-18-12-15(21(30)32-2)7-10-17(18)22(31)33-3/h4-10,12H,1,11,13H2,2-3H3,(H,25,29). The number of rotatable bonds is 9. The van der Waals surface area contributed by atoms with Gasteiger partial charge in [0.05, 0.1) is 36.8 Å². The summed E-state index contributed by atoms with van der Waals surface area (Å²) in [4.78, 5) is 36.7. The molecule has 34 heavy (non-hydrogen) atoms. The molecule has 0 atom stereocenters. The average molecular weight is 545 g/mol. The molecular formula is C23H21BrN4O5S. The van der Waals surface area contributed by atoms with Crippen LogP contribution < -0.4 is 5.32 Å². The van der Waals surface area contributed by atoms with E-state index in [1.165, 1.54) is 44.2 Å². The average Bonchev–Trinajstić information content (AvgIpc) is 3.24. The van der Waals surface area contributed by atoms with Crippen molar-refractivity contribution < 1.29 is 23.9 Å². The quantitative estimate of drug-likeness (QED) is 0.242. The third kappa shape index (κ3) is 5.91. The molecule has 0 fully saturated rings. The number of thioether (sulfide) groups is 1. The van der Waals surface area contributed by atoms with E-state index in [9.17, 15) is 14.4 Å². The Morgan fingerprint density at radius 3 is 2.44 bits per heavy atom. The number of nitrogens with one attached hydrogen (secondary N) is 1. The molecule has 3 rings (SSSR count). The lowest BCUT2D eigenvalue weighted by atomic mass is 10.1. The zero-order valence-corrected chi connectivity index (χ0v) is 20.8. The Morgan fingerprint density at radius 2 is 1.79 bits per heavy atom. The highest BCUT2D eigenvalue weighted by Gasteiger charge is 2.19. The van der Waals surface area contributed by atoms with Crippen molar-refractivity contribution in [1.82, 2.24) is 14.8 Å². The van der Waals surface area contributed by atoms with Gasteiger partial charge in [-0.05, 0) is 30.3 Å². The molecular weight excluding hydrogens is 524 g/mol. The number of esters is 2. The predicted molar refractivity (Wildman–Crippen MR) is 132 cm³/mol. The maximum atomic E-state index is 12.7. The first-order valence-electron chi connectivity index (χ1n) is 9.91. The van der Waals surface area contributed by atoms with Gasteiger partial charge in [0.25, 0.3) is 0 Å². The fourth-order valence-corrected chi connectivity index (χ4v) is 4.01. The van der Waals surface area contributed by atoms with E-state index < -0.39 is 17.8 Å². The van der Waals surface area contributed by atoms with Crippen molar-refractivity contribution in [3.63, 3.8) is 0 Å². The molecule has 9 nitrogen and oxygen atoms in total.